The number of methoxy groups -OCH3 is 1. The highest BCUT2D eigenvalue weighted by Crippen LogP contribution is 2.23. The normalized spacial score (nSPS) is 10.7. The van der Waals surface area contributed by atoms with Gasteiger partial charge in [0.2, 0.25) is 0 Å². The van der Waals surface area contributed by atoms with Gasteiger partial charge in [-0.05, 0) is 30.2 Å². The van der Waals surface area contributed by atoms with E-state index in [0.29, 0.717) is 11.1 Å². The maximum Gasteiger partial charge on any atom is 0.419 e. The molecule has 0 bridgehead atoms. The van der Waals surface area contributed by atoms with Crippen LogP contribution in [0.1, 0.15) is 35.0 Å². The Morgan fingerprint density at radius 3 is 2.50 bits per heavy atom. The molecule has 0 aliphatic heterocycles. The molecule has 3 rings (SSSR count). The molecule has 1 aromatic heterocycles. The van der Waals surface area contributed by atoms with Gasteiger partial charge in [0.25, 0.3) is 0 Å². The lowest BCUT2D eigenvalue weighted by molar-refractivity contribution is 0.0600. The van der Waals surface area contributed by atoms with Crippen LogP contribution in [0.3, 0.4) is 0 Å². The number of esters is 1. The Labute approximate surface area is 152 Å². The van der Waals surface area contributed by atoms with E-state index in [-0.39, 0.29) is 6.61 Å². The van der Waals surface area contributed by atoms with Gasteiger partial charge >= 0.3 is 12.1 Å². The van der Waals surface area contributed by atoms with E-state index in [1.165, 1.54) is 7.11 Å². The van der Waals surface area contributed by atoms with Gasteiger partial charge in [0.05, 0.1) is 18.2 Å². The van der Waals surface area contributed by atoms with Crippen LogP contribution in [0.4, 0.5) is 4.79 Å². The van der Waals surface area contributed by atoms with Crippen molar-refractivity contribution >= 4 is 23.0 Å². The molecule has 0 N–H and O–H groups in total. The van der Waals surface area contributed by atoms with Crippen LogP contribution in [-0.2, 0) is 22.5 Å². The number of hydrogen-bond acceptors (Lipinski definition) is 4. The number of nitrogens with zero attached hydrogens (tertiary/aromatic N) is 1. The SMILES string of the molecule is CCCc1cc2ccc(C(=O)OC)cc2n1C(=O)OCc1ccccc1. The molecule has 0 saturated carbocycles. The van der Waals surface area contributed by atoms with Crippen LogP contribution in [0.25, 0.3) is 10.9 Å². The maximum atomic E-state index is 12.8. The lowest BCUT2D eigenvalue weighted by Gasteiger charge is -2.10. The fourth-order valence-corrected chi connectivity index (χ4v) is 2.94. The third kappa shape index (κ3) is 3.61. The van der Waals surface area contributed by atoms with E-state index in [2.05, 4.69) is 6.92 Å². The van der Waals surface area contributed by atoms with Gasteiger partial charge in [0, 0.05) is 11.1 Å². The van der Waals surface area contributed by atoms with Gasteiger partial charge in [-0.15, -0.1) is 0 Å². The van der Waals surface area contributed by atoms with Crippen molar-refractivity contribution in [2.24, 2.45) is 0 Å². The minimum absolute atomic E-state index is 0.196. The van der Waals surface area contributed by atoms with Crippen molar-refractivity contribution in [3.8, 4) is 0 Å². The number of rotatable bonds is 5. The Kier molecular flexibility index (Phi) is 5.37. The molecule has 0 unspecified atom stereocenters. The Hall–Kier alpha value is -3.08. The number of carbonyl (C=O) groups is 2. The van der Waals surface area contributed by atoms with Crippen LogP contribution in [-0.4, -0.2) is 23.7 Å². The molecule has 0 aliphatic rings. The largest absolute Gasteiger partial charge is 0.465 e. The molecule has 1 heterocycles. The summed E-state index contributed by atoms with van der Waals surface area (Å²) in [5, 5.41) is 0.887. The molecule has 0 spiro atoms. The third-order valence-corrected chi connectivity index (χ3v) is 4.20. The van der Waals surface area contributed by atoms with E-state index in [4.69, 9.17) is 9.47 Å². The fraction of sp³-hybridized carbons (Fsp3) is 0.238. The monoisotopic (exact) mass is 351 g/mol. The summed E-state index contributed by atoms with van der Waals surface area (Å²) < 4.78 is 11.8. The zero-order valence-corrected chi connectivity index (χ0v) is 14.9. The molecule has 0 radical (unpaired) electrons. The van der Waals surface area contributed by atoms with E-state index >= 15 is 0 Å². The van der Waals surface area contributed by atoms with Crippen LogP contribution in [0, 0.1) is 0 Å². The molecular weight excluding hydrogens is 330 g/mol. The van der Waals surface area contributed by atoms with Crippen LogP contribution in [0.15, 0.2) is 54.6 Å². The lowest BCUT2D eigenvalue weighted by atomic mass is 10.1. The van der Waals surface area contributed by atoms with Gasteiger partial charge in [0.15, 0.2) is 0 Å². The number of fused-ring (bicyclic) bond motifs is 1. The molecule has 5 heteroatoms. The second kappa shape index (κ2) is 7.87. The molecule has 134 valence electrons. The number of ether oxygens (including phenoxy) is 2. The summed E-state index contributed by atoms with van der Waals surface area (Å²) >= 11 is 0. The molecule has 0 saturated heterocycles. The van der Waals surface area contributed by atoms with Crippen LogP contribution in [0.2, 0.25) is 0 Å². The standard InChI is InChI=1S/C21H21NO4/c1-3-7-18-12-16-10-11-17(20(23)25-2)13-19(16)22(18)21(24)26-14-15-8-5-4-6-9-15/h4-6,8-13H,3,7,14H2,1-2H3. The first-order valence-electron chi connectivity index (χ1n) is 8.57. The summed E-state index contributed by atoms with van der Waals surface area (Å²) in [6, 6.07) is 16.7. The number of hydrogen-bond donors (Lipinski definition) is 0. The van der Waals surface area contributed by atoms with E-state index < -0.39 is 12.1 Å². The first-order valence-corrected chi connectivity index (χ1v) is 8.57. The molecular formula is C21H21NO4. The van der Waals surface area contributed by atoms with Gasteiger partial charge in [-0.1, -0.05) is 49.7 Å². The number of carbonyl (C=O) groups excluding carboxylic acids is 2. The second-order valence-corrected chi connectivity index (χ2v) is 6.03. The van der Waals surface area contributed by atoms with Crippen molar-refractivity contribution < 1.29 is 19.1 Å². The van der Waals surface area contributed by atoms with Gasteiger partial charge in [0.1, 0.15) is 6.61 Å². The Morgan fingerprint density at radius 1 is 1.04 bits per heavy atom. The summed E-state index contributed by atoms with van der Waals surface area (Å²) in [6.45, 7) is 2.25. The zero-order chi connectivity index (χ0) is 18.5. The quantitative estimate of drug-likeness (QED) is 0.632. The van der Waals surface area contributed by atoms with E-state index in [1.807, 2.05) is 42.5 Å². The van der Waals surface area contributed by atoms with Crippen LogP contribution in [0.5, 0.6) is 0 Å². The average molecular weight is 351 g/mol. The highest BCUT2D eigenvalue weighted by molar-refractivity contribution is 5.97. The van der Waals surface area contributed by atoms with Crippen molar-refractivity contribution in [1.29, 1.82) is 0 Å². The van der Waals surface area contributed by atoms with Crippen molar-refractivity contribution in [2.75, 3.05) is 7.11 Å². The molecule has 2 aromatic carbocycles. The first-order chi connectivity index (χ1) is 12.6. The van der Waals surface area contributed by atoms with Crippen LogP contribution < -0.4 is 0 Å². The third-order valence-electron chi connectivity index (χ3n) is 4.20. The molecule has 0 atom stereocenters. The molecule has 0 aliphatic carbocycles. The van der Waals surface area contributed by atoms with Crippen molar-refractivity contribution in [1.82, 2.24) is 4.57 Å². The molecule has 0 amide bonds. The highest BCUT2D eigenvalue weighted by Gasteiger charge is 2.18. The van der Waals surface area contributed by atoms with Gasteiger partial charge in [-0.2, -0.15) is 0 Å². The van der Waals surface area contributed by atoms with E-state index in [9.17, 15) is 9.59 Å². The fourth-order valence-electron chi connectivity index (χ4n) is 2.94. The van der Waals surface area contributed by atoms with E-state index in [1.54, 1.807) is 16.7 Å². The Balaban J connectivity index is 1.96. The number of aryl methyl sites for hydroxylation is 1. The minimum Gasteiger partial charge on any atom is -0.465 e. The zero-order valence-electron chi connectivity index (χ0n) is 14.9. The lowest BCUT2D eigenvalue weighted by Crippen LogP contribution is -2.16. The maximum absolute atomic E-state index is 12.8. The summed E-state index contributed by atoms with van der Waals surface area (Å²) in [7, 11) is 1.34. The van der Waals surface area contributed by atoms with Gasteiger partial charge in [-0.3, -0.25) is 0 Å². The molecule has 5 nitrogen and oxygen atoms in total. The molecule has 0 fully saturated rings. The molecule has 3 aromatic rings. The van der Waals surface area contributed by atoms with Crippen LogP contribution >= 0.6 is 0 Å². The first kappa shape index (κ1) is 17.7. The second-order valence-electron chi connectivity index (χ2n) is 6.03. The predicted octanol–water partition coefficient (Wildman–Crippen LogP) is 4.57. The van der Waals surface area contributed by atoms with Gasteiger partial charge < -0.3 is 9.47 Å². The Bertz CT molecular complexity index is 928. The van der Waals surface area contributed by atoms with Crippen molar-refractivity contribution in [3.63, 3.8) is 0 Å². The Morgan fingerprint density at radius 2 is 1.81 bits per heavy atom. The summed E-state index contributed by atoms with van der Waals surface area (Å²) in [5.74, 6) is -0.436. The summed E-state index contributed by atoms with van der Waals surface area (Å²) in [5.41, 5.74) is 2.83. The number of aromatic nitrogens is 1. The summed E-state index contributed by atoms with van der Waals surface area (Å²) in [4.78, 5) is 24.6. The molecule has 26 heavy (non-hydrogen) atoms. The number of benzene rings is 2. The topological polar surface area (TPSA) is 57.5 Å². The minimum atomic E-state index is -0.450. The van der Waals surface area contributed by atoms with E-state index in [0.717, 1.165) is 29.5 Å². The van der Waals surface area contributed by atoms with Gasteiger partial charge in [-0.25, -0.2) is 14.2 Å². The highest BCUT2D eigenvalue weighted by atomic mass is 16.5. The predicted molar refractivity (Wildman–Crippen MR) is 99.3 cm³/mol. The van der Waals surface area contributed by atoms with Crippen molar-refractivity contribution in [2.45, 2.75) is 26.4 Å². The summed E-state index contributed by atoms with van der Waals surface area (Å²) in [6.07, 6.45) is 1.18. The van der Waals surface area contributed by atoms with Crippen molar-refractivity contribution in [3.05, 3.63) is 71.4 Å². The smallest absolute Gasteiger partial charge is 0.419 e. The average Bonchev–Trinajstić information content (AvgIpc) is 3.03.